The van der Waals surface area contributed by atoms with Gasteiger partial charge in [-0.25, -0.2) is 4.98 Å². The van der Waals surface area contributed by atoms with Gasteiger partial charge in [0.25, 0.3) is 0 Å². The lowest BCUT2D eigenvalue weighted by atomic mass is 10.1. The molecule has 1 aliphatic rings. The molecule has 1 saturated carbocycles. The number of nitrogens with two attached hydrogens (primary N) is 1. The van der Waals surface area contributed by atoms with Crippen LogP contribution in [0.15, 0.2) is 18.2 Å². The van der Waals surface area contributed by atoms with Crippen molar-refractivity contribution in [3.05, 3.63) is 24.0 Å². The van der Waals surface area contributed by atoms with Gasteiger partial charge in [0.05, 0.1) is 11.0 Å². The third-order valence-corrected chi connectivity index (χ3v) is 3.70. The van der Waals surface area contributed by atoms with Crippen LogP contribution in [-0.2, 0) is 0 Å². The first-order valence-corrected chi connectivity index (χ1v) is 6.39. The molecule has 3 heteroatoms. The van der Waals surface area contributed by atoms with Crippen molar-refractivity contribution < 1.29 is 0 Å². The lowest BCUT2D eigenvalue weighted by Gasteiger charge is -2.16. The molecule has 1 unspecified atom stereocenters. The van der Waals surface area contributed by atoms with Gasteiger partial charge in [-0.3, -0.25) is 0 Å². The summed E-state index contributed by atoms with van der Waals surface area (Å²) in [4.78, 5) is 4.61. The molecule has 0 radical (unpaired) electrons. The van der Waals surface area contributed by atoms with Gasteiger partial charge in [0.1, 0.15) is 5.82 Å². The third-order valence-electron chi connectivity index (χ3n) is 3.70. The summed E-state index contributed by atoms with van der Waals surface area (Å²) >= 11 is 0. The van der Waals surface area contributed by atoms with Crippen molar-refractivity contribution in [2.45, 2.75) is 39.2 Å². The molecule has 2 N–H and O–H groups in total. The fourth-order valence-corrected chi connectivity index (χ4v) is 2.73. The highest BCUT2D eigenvalue weighted by Gasteiger charge is 2.25. The summed E-state index contributed by atoms with van der Waals surface area (Å²) in [5.74, 6) is 2.04. The number of aryl methyl sites for hydroxylation is 1. The van der Waals surface area contributed by atoms with Crippen LogP contribution in [0.25, 0.3) is 11.0 Å². The highest BCUT2D eigenvalue weighted by molar-refractivity contribution is 5.79. The first-order chi connectivity index (χ1) is 8.15. The van der Waals surface area contributed by atoms with Crippen LogP contribution in [0.1, 0.15) is 38.1 Å². The van der Waals surface area contributed by atoms with Crippen LogP contribution in [-0.4, -0.2) is 9.55 Å². The van der Waals surface area contributed by atoms with Gasteiger partial charge in [-0.2, -0.15) is 0 Å². The molecular weight excluding hydrogens is 210 g/mol. The van der Waals surface area contributed by atoms with Gasteiger partial charge in [-0.15, -0.1) is 0 Å². The van der Waals surface area contributed by atoms with E-state index < -0.39 is 0 Å². The number of fused-ring (bicyclic) bond motifs is 1. The Balaban J connectivity index is 2.04. The molecule has 3 nitrogen and oxygen atoms in total. The Hall–Kier alpha value is -1.51. The minimum absolute atomic E-state index is 0.538. The number of nitrogen functional groups attached to an aromatic ring is 1. The molecule has 0 aliphatic heterocycles. The number of imidazole rings is 1. The molecule has 1 heterocycles. The molecule has 1 fully saturated rings. The highest BCUT2D eigenvalue weighted by atomic mass is 15.1. The van der Waals surface area contributed by atoms with Crippen LogP contribution in [0.3, 0.4) is 0 Å². The molecular formula is C14H19N3. The van der Waals surface area contributed by atoms with Gasteiger partial charge in [-0.05, 0) is 44.4 Å². The van der Waals surface area contributed by atoms with Gasteiger partial charge >= 0.3 is 0 Å². The van der Waals surface area contributed by atoms with Crippen molar-refractivity contribution in [2.24, 2.45) is 5.92 Å². The predicted molar refractivity (Wildman–Crippen MR) is 70.9 cm³/mol. The van der Waals surface area contributed by atoms with Crippen LogP contribution in [0.2, 0.25) is 0 Å². The van der Waals surface area contributed by atoms with Crippen LogP contribution in [0.5, 0.6) is 0 Å². The minimum Gasteiger partial charge on any atom is -0.399 e. The number of aromatic nitrogens is 2. The van der Waals surface area contributed by atoms with Crippen LogP contribution in [0.4, 0.5) is 5.69 Å². The Morgan fingerprint density at radius 1 is 1.47 bits per heavy atom. The average molecular weight is 229 g/mol. The van der Waals surface area contributed by atoms with E-state index in [0.717, 1.165) is 22.9 Å². The lowest BCUT2D eigenvalue weighted by Crippen LogP contribution is -2.07. The molecule has 1 atom stereocenters. The summed E-state index contributed by atoms with van der Waals surface area (Å²) in [6, 6.07) is 6.55. The van der Waals surface area contributed by atoms with Crippen molar-refractivity contribution in [3.8, 4) is 0 Å². The molecule has 17 heavy (non-hydrogen) atoms. The summed E-state index contributed by atoms with van der Waals surface area (Å²) in [5, 5.41) is 0. The monoisotopic (exact) mass is 229 g/mol. The second-order valence-corrected chi connectivity index (χ2v) is 5.31. The maximum atomic E-state index is 5.80. The van der Waals surface area contributed by atoms with E-state index >= 15 is 0 Å². The minimum atomic E-state index is 0.538. The largest absolute Gasteiger partial charge is 0.399 e. The van der Waals surface area contributed by atoms with E-state index in [1.54, 1.807) is 0 Å². The van der Waals surface area contributed by atoms with Gasteiger partial charge in [-0.1, -0.05) is 12.8 Å². The molecule has 0 amide bonds. The summed E-state index contributed by atoms with van der Waals surface area (Å²) in [5.41, 5.74) is 8.82. The van der Waals surface area contributed by atoms with Gasteiger partial charge < -0.3 is 10.3 Å². The van der Waals surface area contributed by atoms with Crippen LogP contribution >= 0.6 is 0 Å². The second-order valence-electron chi connectivity index (χ2n) is 5.31. The van der Waals surface area contributed by atoms with E-state index in [2.05, 4.69) is 29.5 Å². The van der Waals surface area contributed by atoms with E-state index in [4.69, 9.17) is 5.73 Å². The van der Waals surface area contributed by atoms with E-state index in [-0.39, 0.29) is 0 Å². The molecule has 1 aromatic heterocycles. The molecule has 3 rings (SSSR count). The number of rotatable bonds is 3. The molecule has 0 spiro atoms. The zero-order chi connectivity index (χ0) is 12.0. The van der Waals surface area contributed by atoms with E-state index in [0.29, 0.717) is 6.04 Å². The lowest BCUT2D eigenvalue weighted by molar-refractivity contribution is 0.478. The third kappa shape index (κ3) is 1.90. The van der Waals surface area contributed by atoms with Crippen molar-refractivity contribution in [2.75, 3.05) is 5.73 Å². The van der Waals surface area contributed by atoms with Crippen molar-refractivity contribution in [1.29, 1.82) is 0 Å². The van der Waals surface area contributed by atoms with Crippen LogP contribution < -0.4 is 5.73 Å². The Morgan fingerprint density at radius 3 is 2.94 bits per heavy atom. The smallest absolute Gasteiger partial charge is 0.106 e. The second kappa shape index (κ2) is 3.76. The fourth-order valence-electron chi connectivity index (χ4n) is 2.73. The number of hydrogen-bond acceptors (Lipinski definition) is 2. The first-order valence-electron chi connectivity index (χ1n) is 6.39. The number of anilines is 1. The Kier molecular flexibility index (Phi) is 2.35. The number of nitrogens with zero attached hydrogens (tertiary/aromatic N) is 2. The van der Waals surface area contributed by atoms with Crippen molar-refractivity contribution in [3.63, 3.8) is 0 Å². The molecule has 1 aliphatic carbocycles. The topological polar surface area (TPSA) is 43.8 Å². The SMILES string of the molecule is Cc1nc2cc(N)ccc2n1C(C)CC1CC1. The number of hydrogen-bond donors (Lipinski definition) is 1. The molecule has 0 saturated heterocycles. The maximum Gasteiger partial charge on any atom is 0.106 e. The molecule has 1 aromatic carbocycles. The first kappa shape index (κ1) is 10.6. The van der Waals surface area contributed by atoms with Gasteiger partial charge in [0, 0.05) is 11.7 Å². The van der Waals surface area contributed by atoms with Crippen LogP contribution in [0, 0.1) is 12.8 Å². The Morgan fingerprint density at radius 2 is 2.24 bits per heavy atom. The van der Waals surface area contributed by atoms with Gasteiger partial charge in [0.2, 0.25) is 0 Å². The van der Waals surface area contributed by atoms with E-state index in [9.17, 15) is 0 Å². The van der Waals surface area contributed by atoms with Crippen molar-refractivity contribution in [1.82, 2.24) is 9.55 Å². The zero-order valence-electron chi connectivity index (χ0n) is 10.5. The number of benzene rings is 1. The zero-order valence-corrected chi connectivity index (χ0v) is 10.5. The standard InChI is InChI=1S/C14H19N3/c1-9(7-11-3-4-11)17-10(2)16-13-8-12(15)5-6-14(13)17/h5-6,8-9,11H,3-4,7,15H2,1-2H3. The molecule has 2 aromatic rings. The van der Waals surface area contributed by atoms with E-state index in [1.165, 1.54) is 24.8 Å². The van der Waals surface area contributed by atoms with Gasteiger partial charge in [0.15, 0.2) is 0 Å². The van der Waals surface area contributed by atoms with Crippen molar-refractivity contribution >= 4 is 16.7 Å². The summed E-state index contributed by atoms with van der Waals surface area (Å²) in [7, 11) is 0. The Labute approximate surface area is 102 Å². The summed E-state index contributed by atoms with van der Waals surface area (Å²) in [6.45, 7) is 4.38. The average Bonchev–Trinajstić information content (AvgIpc) is 2.99. The molecule has 90 valence electrons. The highest BCUT2D eigenvalue weighted by Crippen LogP contribution is 2.38. The predicted octanol–water partition coefficient (Wildman–Crippen LogP) is 3.29. The summed E-state index contributed by atoms with van der Waals surface area (Å²) in [6.07, 6.45) is 4.09. The maximum absolute atomic E-state index is 5.80. The fraction of sp³-hybridized carbons (Fsp3) is 0.500. The van der Waals surface area contributed by atoms with E-state index in [1.807, 2.05) is 12.1 Å². The Bertz CT molecular complexity index is 552. The quantitative estimate of drug-likeness (QED) is 0.821. The summed E-state index contributed by atoms with van der Waals surface area (Å²) < 4.78 is 2.35. The normalized spacial score (nSPS) is 17.5. The molecule has 0 bridgehead atoms.